The Morgan fingerprint density at radius 2 is 2.08 bits per heavy atom. The summed E-state index contributed by atoms with van der Waals surface area (Å²) in [4.78, 5) is 26.6. The van der Waals surface area contributed by atoms with Gasteiger partial charge in [0.2, 0.25) is 5.88 Å². The largest absolute Gasteiger partial charge is 0.452 e. The summed E-state index contributed by atoms with van der Waals surface area (Å²) in [6.07, 6.45) is 6.46. The van der Waals surface area contributed by atoms with Gasteiger partial charge in [-0.2, -0.15) is 5.26 Å². The average Bonchev–Trinajstić information content (AvgIpc) is 3.27. The number of hydrogen-bond acceptors (Lipinski definition) is 5. The van der Waals surface area contributed by atoms with Crippen molar-refractivity contribution in [1.29, 1.82) is 5.26 Å². The Kier molecular flexibility index (Phi) is 5.12. The Labute approximate surface area is 151 Å². The fraction of sp³-hybridized carbons (Fsp3) is 0.421. The molecule has 0 bridgehead atoms. The van der Waals surface area contributed by atoms with Crippen LogP contribution in [0.5, 0.6) is 0 Å². The van der Waals surface area contributed by atoms with E-state index >= 15 is 0 Å². The lowest BCUT2D eigenvalue weighted by Crippen LogP contribution is -2.44. The van der Waals surface area contributed by atoms with Crippen LogP contribution in [0, 0.1) is 18.3 Å². The summed E-state index contributed by atoms with van der Waals surface area (Å²) in [6.45, 7) is 3.94. The van der Waals surface area contributed by atoms with Crippen LogP contribution in [0.4, 0.5) is 0 Å². The first-order valence-corrected chi connectivity index (χ1v) is 8.66. The van der Waals surface area contributed by atoms with Gasteiger partial charge >= 0.3 is 5.97 Å². The van der Waals surface area contributed by atoms with E-state index in [1.807, 2.05) is 13.0 Å². The third-order valence-corrected chi connectivity index (χ3v) is 4.67. The van der Waals surface area contributed by atoms with Gasteiger partial charge < -0.3 is 14.1 Å². The van der Waals surface area contributed by atoms with Crippen molar-refractivity contribution in [3.63, 3.8) is 0 Å². The number of hydrogen-bond donors (Lipinski definition) is 0. The van der Waals surface area contributed by atoms with Gasteiger partial charge in [0.05, 0.1) is 0 Å². The molecule has 0 N–H and O–H groups in total. The highest BCUT2D eigenvalue weighted by atomic mass is 16.5. The van der Waals surface area contributed by atoms with Gasteiger partial charge in [-0.15, -0.1) is 0 Å². The number of furan rings is 1. The number of nitriles is 1. The predicted octanol–water partition coefficient (Wildman–Crippen LogP) is 2.81. The maximum Gasteiger partial charge on any atom is 0.343 e. The fourth-order valence-electron chi connectivity index (χ4n) is 3.28. The van der Waals surface area contributed by atoms with Gasteiger partial charge in [-0.1, -0.05) is 0 Å². The predicted molar refractivity (Wildman–Crippen MR) is 92.8 cm³/mol. The number of esters is 1. The molecule has 1 saturated heterocycles. The van der Waals surface area contributed by atoms with E-state index in [0.29, 0.717) is 6.54 Å². The van der Waals surface area contributed by atoms with Crippen molar-refractivity contribution in [2.75, 3.05) is 13.2 Å². The number of likely N-dealkylation sites (tertiary alicyclic amines) is 1. The topological polar surface area (TPSA) is 88.5 Å². The van der Waals surface area contributed by atoms with Crippen molar-refractivity contribution < 1.29 is 18.7 Å². The molecule has 0 unspecified atom stereocenters. The Balaban J connectivity index is 1.74. The van der Waals surface area contributed by atoms with Crippen molar-refractivity contribution in [3.05, 3.63) is 41.4 Å². The van der Waals surface area contributed by atoms with Gasteiger partial charge in [-0.25, -0.2) is 4.79 Å². The van der Waals surface area contributed by atoms with Crippen molar-refractivity contribution in [1.82, 2.24) is 9.47 Å². The molecule has 2 aromatic rings. The molecule has 1 aliphatic heterocycles. The zero-order chi connectivity index (χ0) is 18.7. The minimum Gasteiger partial charge on any atom is -0.452 e. The molecular weight excluding hydrogens is 334 g/mol. The number of aryl methyl sites for hydroxylation is 1. The van der Waals surface area contributed by atoms with Gasteiger partial charge in [-0.3, -0.25) is 9.36 Å². The molecule has 136 valence electrons. The fourth-order valence-corrected chi connectivity index (χ4v) is 3.28. The third-order valence-electron chi connectivity index (χ3n) is 4.67. The first-order valence-electron chi connectivity index (χ1n) is 8.66. The first kappa shape index (κ1) is 17.8. The Morgan fingerprint density at radius 3 is 2.73 bits per heavy atom. The monoisotopic (exact) mass is 355 g/mol. The second-order valence-corrected chi connectivity index (χ2v) is 6.42. The molecule has 0 radical (unpaired) electrons. The Hall–Kier alpha value is -3.01. The molecule has 3 heterocycles. The summed E-state index contributed by atoms with van der Waals surface area (Å²) in [6, 6.07) is 5.73. The molecule has 1 amide bonds. The zero-order valence-electron chi connectivity index (χ0n) is 14.9. The molecule has 0 saturated carbocycles. The van der Waals surface area contributed by atoms with Crippen LogP contribution in [-0.4, -0.2) is 40.5 Å². The number of amides is 1. The van der Waals surface area contributed by atoms with E-state index in [2.05, 4.69) is 0 Å². The van der Waals surface area contributed by atoms with Gasteiger partial charge in [0.15, 0.2) is 6.61 Å². The Bertz CT molecular complexity index is 845. The SMILES string of the molecule is Cc1oc(-n2cccc2)c(C#N)c1C(=O)OCC(=O)N1CCCC[C@@H]1C. The molecule has 0 spiro atoms. The van der Waals surface area contributed by atoms with Gasteiger partial charge in [0, 0.05) is 25.0 Å². The highest BCUT2D eigenvalue weighted by molar-refractivity contribution is 5.95. The van der Waals surface area contributed by atoms with Crippen LogP contribution in [0.25, 0.3) is 5.88 Å². The lowest BCUT2D eigenvalue weighted by atomic mass is 10.0. The maximum absolute atomic E-state index is 12.5. The third kappa shape index (κ3) is 3.36. The standard InChI is InChI=1S/C19H21N3O4/c1-13-7-3-4-10-22(13)16(23)12-25-19(24)17-14(2)26-18(15(17)11-20)21-8-5-6-9-21/h5-6,8-9,13H,3-4,7,10,12H2,1-2H3/t13-/m0/s1. The second kappa shape index (κ2) is 7.48. The summed E-state index contributed by atoms with van der Waals surface area (Å²) in [5.74, 6) is -0.387. The van der Waals surface area contributed by atoms with Gasteiger partial charge in [0.25, 0.3) is 5.91 Å². The molecule has 3 rings (SSSR count). The van der Waals surface area contributed by atoms with Crippen LogP contribution in [-0.2, 0) is 9.53 Å². The number of carbonyl (C=O) groups excluding carboxylic acids is 2. The van der Waals surface area contributed by atoms with E-state index < -0.39 is 5.97 Å². The van der Waals surface area contributed by atoms with Crippen LogP contribution in [0.3, 0.4) is 0 Å². The normalized spacial score (nSPS) is 17.0. The van der Waals surface area contributed by atoms with Crippen LogP contribution in [0.1, 0.15) is 47.9 Å². The van der Waals surface area contributed by atoms with Gasteiger partial charge in [0.1, 0.15) is 23.0 Å². The van der Waals surface area contributed by atoms with Crippen LogP contribution < -0.4 is 0 Å². The number of aromatic nitrogens is 1. The lowest BCUT2D eigenvalue weighted by molar-refractivity contribution is -0.137. The molecule has 1 fully saturated rings. The number of carbonyl (C=O) groups is 2. The van der Waals surface area contributed by atoms with E-state index in [-0.39, 0.29) is 41.3 Å². The quantitative estimate of drug-likeness (QED) is 0.787. The number of nitrogens with zero attached hydrogens (tertiary/aromatic N) is 3. The molecule has 7 heteroatoms. The smallest absolute Gasteiger partial charge is 0.343 e. The molecule has 26 heavy (non-hydrogen) atoms. The van der Waals surface area contributed by atoms with Crippen LogP contribution in [0.15, 0.2) is 28.9 Å². The van der Waals surface area contributed by atoms with E-state index in [0.717, 1.165) is 19.3 Å². The molecule has 0 aromatic carbocycles. The minimum absolute atomic E-state index is 0.0655. The molecule has 7 nitrogen and oxygen atoms in total. The first-order chi connectivity index (χ1) is 12.5. The van der Waals surface area contributed by atoms with E-state index in [9.17, 15) is 14.9 Å². The van der Waals surface area contributed by atoms with E-state index in [1.165, 1.54) is 0 Å². The highest BCUT2D eigenvalue weighted by Crippen LogP contribution is 2.26. The Morgan fingerprint density at radius 1 is 1.35 bits per heavy atom. The van der Waals surface area contributed by atoms with Crippen molar-refractivity contribution in [2.24, 2.45) is 0 Å². The minimum atomic E-state index is -0.723. The lowest BCUT2D eigenvalue weighted by Gasteiger charge is -2.33. The summed E-state index contributed by atoms with van der Waals surface area (Å²) >= 11 is 0. The number of ether oxygens (including phenoxy) is 1. The maximum atomic E-state index is 12.5. The van der Waals surface area contributed by atoms with E-state index in [4.69, 9.17) is 9.15 Å². The zero-order valence-corrected chi connectivity index (χ0v) is 14.9. The summed E-state index contributed by atoms with van der Waals surface area (Å²) in [5, 5.41) is 9.47. The summed E-state index contributed by atoms with van der Waals surface area (Å²) < 4.78 is 12.4. The molecule has 1 atom stereocenters. The highest BCUT2D eigenvalue weighted by Gasteiger charge is 2.28. The van der Waals surface area contributed by atoms with Crippen LogP contribution >= 0.6 is 0 Å². The van der Waals surface area contributed by atoms with Crippen molar-refractivity contribution in [2.45, 2.75) is 39.2 Å². The van der Waals surface area contributed by atoms with Crippen molar-refractivity contribution >= 4 is 11.9 Å². The average molecular weight is 355 g/mol. The molecule has 2 aromatic heterocycles. The van der Waals surface area contributed by atoms with Crippen molar-refractivity contribution in [3.8, 4) is 12.0 Å². The van der Waals surface area contributed by atoms with E-state index in [1.54, 1.807) is 40.9 Å². The summed E-state index contributed by atoms with van der Waals surface area (Å²) in [7, 11) is 0. The molecular formula is C19H21N3O4. The second-order valence-electron chi connectivity index (χ2n) is 6.42. The van der Waals surface area contributed by atoms with Gasteiger partial charge in [-0.05, 0) is 45.2 Å². The van der Waals surface area contributed by atoms with Crippen LogP contribution in [0.2, 0.25) is 0 Å². The summed E-state index contributed by atoms with van der Waals surface area (Å²) in [5.41, 5.74) is 0.165. The molecule has 1 aliphatic rings. The number of piperidine rings is 1. The molecule has 0 aliphatic carbocycles. The number of rotatable bonds is 4.